The quantitative estimate of drug-likeness (QED) is 0.816. The van der Waals surface area contributed by atoms with E-state index in [9.17, 15) is 0 Å². The molecule has 5 heteroatoms. The smallest absolute Gasteiger partial charge is 0.323 e. The van der Waals surface area contributed by atoms with Crippen molar-refractivity contribution in [2.45, 2.75) is 6.92 Å². The van der Waals surface area contributed by atoms with Crippen molar-refractivity contribution in [3.05, 3.63) is 46.7 Å². The van der Waals surface area contributed by atoms with E-state index in [1.807, 2.05) is 6.07 Å². The predicted molar refractivity (Wildman–Crippen MR) is 63.0 cm³/mol. The van der Waals surface area contributed by atoms with Crippen LogP contribution in [-0.2, 0) is 0 Å². The summed E-state index contributed by atoms with van der Waals surface area (Å²) >= 11 is 5.83. The maximum absolute atomic E-state index is 8.78. The Bertz CT molecular complexity index is 593. The van der Waals surface area contributed by atoms with Crippen molar-refractivity contribution < 1.29 is 4.74 Å². The van der Waals surface area contributed by atoms with Crippen molar-refractivity contribution in [2.75, 3.05) is 0 Å². The number of hydrogen-bond acceptors (Lipinski definition) is 4. The molecule has 0 aliphatic rings. The summed E-state index contributed by atoms with van der Waals surface area (Å²) in [6.45, 7) is 1.77. The molecule has 0 atom stereocenters. The average molecular weight is 246 g/mol. The van der Waals surface area contributed by atoms with Crippen LogP contribution in [0.1, 0.15) is 11.4 Å². The van der Waals surface area contributed by atoms with Crippen LogP contribution in [0.3, 0.4) is 0 Å². The van der Waals surface area contributed by atoms with Gasteiger partial charge in [-0.1, -0.05) is 17.7 Å². The van der Waals surface area contributed by atoms with Gasteiger partial charge >= 0.3 is 6.01 Å². The van der Waals surface area contributed by atoms with Crippen LogP contribution in [0.25, 0.3) is 0 Å². The molecule has 0 saturated carbocycles. The molecule has 1 aromatic carbocycles. The maximum Gasteiger partial charge on any atom is 0.323 e. The fourth-order valence-corrected chi connectivity index (χ4v) is 1.46. The summed E-state index contributed by atoms with van der Waals surface area (Å²) in [4.78, 5) is 8.02. The Morgan fingerprint density at radius 2 is 2.12 bits per heavy atom. The van der Waals surface area contributed by atoms with Crippen LogP contribution in [0.15, 0.2) is 30.3 Å². The Hall–Kier alpha value is -2.12. The van der Waals surface area contributed by atoms with Gasteiger partial charge in [-0.25, -0.2) is 4.98 Å². The third kappa shape index (κ3) is 2.92. The Labute approximate surface area is 103 Å². The molecule has 2 rings (SSSR count). The molecule has 0 fully saturated rings. The zero-order valence-corrected chi connectivity index (χ0v) is 9.77. The molecule has 0 amide bonds. The van der Waals surface area contributed by atoms with Crippen LogP contribution >= 0.6 is 11.6 Å². The lowest BCUT2D eigenvalue weighted by atomic mass is 10.3. The monoisotopic (exact) mass is 245 g/mol. The minimum atomic E-state index is 0.142. The van der Waals surface area contributed by atoms with Crippen LogP contribution < -0.4 is 4.74 Å². The van der Waals surface area contributed by atoms with Gasteiger partial charge in [0.05, 0.1) is 0 Å². The molecule has 0 N–H and O–H groups in total. The highest BCUT2D eigenvalue weighted by Gasteiger charge is 2.04. The van der Waals surface area contributed by atoms with Gasteiger partial charge in [0.1, 0.15) is 17.5 Å². The second kappa shape index (κ2) is 4.81. The average Bonchev–Trinajstić information content (AvgIpc) is 2.28. The first-order chi connectivity index (χ1) is 8.17. The number of nitrogens with zero attached hydrogens (tertiary/aromatic N) is 3. The number of aryl methyl sites for hydroxylation is 1. The minimum absolute atomic E-state index is 0.142. The number of aromatic nitrogens is 2. The number of halogens is 1. The highest BCUT2D eigenvalue weighted by Crippen LogP contribution is 2.21. The lowest BCUT2D eigenvalue weighted by Gasteiger charge is -2.04. The van der Waals surface area contributed by atoms with Crippen LogP contribution in [0.4, 0.5) is 0 Å². The van der Waals surface area contributed by atoms with Gasteiger partial charge in [0, 0.05) is 10.7 Å². The normalized spacial score (nSPS) is 9.71. The van der Waals surface area contributed by atoms with E-state index in [0.717, 1.165) is 0 Å². The van der Waals surface area contributed by atoms with E-state index < -0.39 is 0 Å². The van der Waals surface area contributed by atoms with Gasteiger partial charge in [0.2, 0.25) is 0 Å². The Morgan fingerprint density at radius 1 is 1.29 bits per heavy atom. The van der Waals surface area contributed by atoms with Crippen molar-refractivity contribution >= 4 is 11.6 Å². The molecule has 0 bridgehead atoms. The molecule has 0 unspecified atom stereocenters. The van der Waals surface area contributed by atoms with E-state index in [-0.39, 0.29) is 11.7 Å². The topological polar surface area (TPSA) is 58.8 Å². The van der Waals surface area contributed by atoms with E-state index >= 15 is 0 Å². The fourth-order valence-electron chi connectivity index (χ4n) is 1.28. The first kappa shape index (κ1) is 11.4. The molecular weight excluding hydrogens is 238 g/mol. The van der Waals surface area contributed by atoms with Crippen molar-refractivity contribution in [1.82, 2.24) is 9.97 Å². The molecule has 0 radical (unpaired) electrons. The first-order valence-corrected chi connectivity index (χ1v) is 5.24. The summed E-state index contributed by atoms with van der Waals surface area (Å²) in [5.41, 5.74) is 0.947. The van der Waals surface area contributed by atoms with Crippen LogP contribution in [-0.4, -0.2) is 9.97 Å². The SMILES string of the molecule is Cc1cc(C#N)nc(Oc2cccc(Cl)c2)n1. The van der Waals surface area contributed by atoms with Gasteiger partial charge < -0.3 is 4.74 Å². The summed E-state index contributed by atoms with van der Waals surface area (Å²) in [5.74, 6) is 0.534. The van der Waals surface area contributed by atoms with Crippen molar-refractivity contribution in [2.24, 2.45) is 0 Å². The Morgan fingerprint density at radius 3 is 2.82 bits per heavy atom. The molecule has 0 spiro atoms. The van der Waals surface area contributed by atoms with E-state index in [2.05, 4.69) is 9.97 Å². The van der Waals surface area contributed by atoms with Crippen LogP contribution in [0.5, 0.6) is 11.8 Å². The van der Waals surface area contributed by atoms with Gasteiger partial charge in [0.15, 0.2) is 0 Å². The first-order valence-electron chi connectivity index (χ1n) is 4.86. The van der Waals surface area contributed by atoms with Crippen LogP contribution in [0.2, 0.25) is 5.02 Å². The molecule has 17 heavy (non-hydrogen) atoms. The van der Waals surface area contributed by atoms with Crippen molar-refractivity contribution in [1.29, 1.82) is 5.26 Å². The zero-order chi connectivity index (χ0) is 12.3. The van der Waals surface area contributed by atoms with Crippen molar-refractivity contribution in [3.63, 3.8) is 0 Å². The van der Waals surface area contributed by atoms with E-state index in [1.165, 1.54) is 0 Å². The highest BCUT2D eigenvalue weighted by molar-refractivity contribution is 6.30. The van der Waals surface area contributed by atoms with E-state index in [1.54, 1.807) is 37.3 Å². The standard InChI is InChI=1S/C12H8ClN3O/c1-8-5-10(7-14)16-12(15-8)17-11-4-2-3-9(13)6-11/h2-6H,1H3. The number of rotatable bonds is 2. The lowest BCUT2D eigenvalue weighted by molar-refractivity contribution is 0.440. The number of benzene rings is 1. The van der Waals surface area contributed by atoms with E-state index in [0.29, 0.717) is 16.5 Å². The summed E-state index contributed by atoms with van der Waals surface area (Å²) < 4.78 is 5.42. The number of ether oxygens (including phenoxy) is 1. The van der Waals surface area contributed by atoms with E-state index in [4.69, 9.17) is 21.6 Å². The molecule has 0 aliphatic carbocycles. The molecule has 1 heterocycles. The minimum Gasteiger partial charge on any atom is -0.424 e. The van der Waals surface area contributed by atoms with Gasteiger partial charge in [-0.15, -0.1) is 0 Å². The summed E-state index contributed by atoms with van der Waals surface area (Å²) in [7, 11) is 0. The summed E-state index contributed by atoms with van der Waals surface area (Å²) in [6, 6.07) is 10.6. The lowest BCUT2D eigenvalue weighted by Crippen LogP contribution is -1.96. The second-order valence-corrected chi connectivity index (χ2v) is 3.78. The fraction of sp³-hybridized carbons (Fsp3) is 0.0833. The molecule has 4 nitrogen and oxygen atoms in total. The second-order valence-electron chi connectivity index (χ2n) is 3.35. The predicted octanol–water partition coefficient (Wildman–Crippen LogP) is 3.10. The third-order valence-electron chi connectivity index (χ3n) is 1.95. The summed E-state index contributed by atoms with van der Waals surface area (Å²) in [5, 5.41) is 9.35. The number of nitriles is 1. The van der Waals surface area contributed by atoms with Gasteiger partial charge in [0.25, 0.3) is 0 Å². The molecule has 0 saturated heterocycles. The maximum atomic E-state index is 8.78. The third-order valence-corrected chi connectivity index (χ3v) is 2.19. The summed E-state index contributed by atoms with van der Waals surface area (Å²) in [6.07, 6.45) is 0. The largest absolute Gasteiger partial charge is 0.424 e. The van der Waals surface area contributed by atoms with Crippen molar-refractivity contribution in [3.8, 4) is 17.8 Å². The zero-order valence-electron chi connectivity index (χ0n) is 9.01. The van der Waals surface area contributed by atoms with Gasteiger partial charge in [-0.2, -0.15) is 10.2 Å². The van der Waals surface area contributed by atoms with Crippen LogP contribution in [0, 0.1) is 18.3 Å². The Kier molecular flexibility index (Phi) is 3.22. The molecule has 2 aromatic rings. The number of hydrogen-bond donors (Lipinski definition) is 0. The molecular formula is C12H8ClN3O. The molecule has 1 aromatic heterocycles. The highest BCUT2D eigenvalue weighted by atomic mass is 35.5. The van der Waals surface area contributed by atoms with Gasteiger partial charge in [-0.3, -0.25) is 0 Å². The Balaban J connectivity index is 2.30. The van der Waals surface area contributed by atoms with Gasteiger partial charge in [-0.05, 0) is 31.2 Å². The molecule has 0 aliphatic heterocycles. The molecule has 84 valence electrons.